The van der Waals surface area contributed by atoms with E-state index in [1.54, 1.807) is 53.1 Å². The van der Waals surface area contributed by atoms with Gasteiger partial charge in [0.25, 0.3) is 5.91 Å². The van der Waals surface area contributed by atoms with Crippen molar-refractivity contribution in [1.29, 1.82) is 0 Å². The fraction of sp³-hybridized carbons (Fsp3) is 0.0476. The molecule has 5 nitrogen and oxygen atoms in total. The van der Waals surface area contributed by atoms with Crippen molar-refractivity contribution in [2.24, 2.45) is 0 Å². The van der Waals surface area contributed by atoms with Crippen LogP contribution in [0, 0.1) is 6.92 Å². The first-order valence-electron chi connectivity index (χ1n) is 8.51. The highest BCUT2D eigenvalue weighted by Gasteiger charge is 2.26. The van der Waals surface area contributed by atoms with Crippen molar-refractivity contribution in [2.75, 3.05) is 11.1 Å². The molecule has 0 atom stereocenters. The molecule has 0 bridgehead atoms. The second-order valence-electron chi connectivity index (χ2n) is 6.32. The molecule has 1 aromatic carbocycles. The number of carbonyl (C=O) groups excluding carboxylic acids is 2. The molecule has 3 N–H and O–H groups in total. The number of pyridine rings is 1. The fourth-order valence-corrected chi connectivity index (χ4v) is 3.93. The van der Waals surface area contributed by atoms with Gasteiger partial charge in [-0.05, 0) is 48.2 Å². The molecule has 0 saturated heterocycles. The molecule has 140 valence electrons. The molecule has 4 aromatic rings. The first-order chi connectivity index (χ1) is 13.5. The van der Waals surface area contributed by atoms with Gasteiger partial charge in [-0.15, -0.1) is 11.3 Å². The maximum Gasteiger partial charge on any atom is 0.259 e. The number of thiophene rings is 1. The zero-order chi connectivity index (χ0) is 19.8. The van der Waals surface area contributed by atoms with Crippen LogP contribution in [0.25, 0.3) is 5.52 Å². The number of nitrogens with two attached hydrogens (primary N) is 1. The normalized spacial score (nSPS) is 10.9. The third-order valence-electron chi connectivity index (χ3n) is 4.50. The molecule has 0 fully saturated rings. The lowest BCUT2D eigenvalue weighted by Gasteiger charge is -2.07. The van der Waals surface area contributed by atoms with Crippen LogP contribution in [-0.2, 0) is 0 Å². The molecule has 3 aromatic heterocycles. The van der Waals surface area contributed by atoms with E-state index in [-0.39, 0.29) is 22.7 Å². The summed E-state index contributed by atoms with van der Waals surface area (Å²) in [5.41, 5.74) is 9.04. The Labute approximate surface area is 170 Å². The summed E-state index contributed by atoms with van der Waals surface area (Å²) < 4.78 is 1.66. The van der Waals surface area contributed by atoms with E-state index in [1.165, 1.54) is 11.3 Å². The highest BCUT2D eigenvalue weighted by Crippen LogP contribution is 2.30. The predicted octanol–water partition coefficient (Wildman–Crippen LogP) is 5.03. The fourth-order valence-electron chi connectivity index (χ4n) is 3.09. The summed E-state index contributed by atoms with van der Waals surface area (Å²) in [7, 11) is 0. The summed E-state index contributed by atoms with van der Waals surface area (Å²) in [5, 5.41) is 5.20. The van der Waals surface area contributed by atoms with Gasteiger partial charge in [0.2, 0.25) is 5.78 Å². The van der Waals surface area contributed by atoms with Gasteiger partial charge in [0.1, 0.15) is 5.69 Å². The van der Waals surface area contributed by atoms with E-state index in [2.05, 4.69) is 5.32 Å². The van der Waals surface area contributed by atoms with Crippen molar-refractivity contribution >= 4 is 51.5 Å². The Balaban J connectivity index is 1.81. The highest BCUT2D eigenvalue weighted by atomic mass is 35.5. The number of anilines is 2. The molecule has 4 rings (SSSR count). The second kappa shape index (κ2) is 7.14. The zero-order valence-corrected chi connectivity index (χ0v) is 16.5. The molecular formula is C21H16ClN3O2S. The lowest BCUT2D eigenvalue weighted by molar-refractivity contribution is 0.102. The number of aromatic nitrogens is 1. The van der Waals surface area contributed by atoms with Crippen LogP contribution in [-0.4, -0.2) is 16.1 Å². The number of nitrogens with one attached hydrogen (secondary N) is 1. The smallest absolute Gasteiger partial charge is 0.259 e. The van der Waals surface area contributed by atoms with Crippen LogP contribution in [0.2, 0.25) is 5.02 Å². The van der Waals surface area contributed by atoms with Crippen LogP contribution in [0.1, 0.15) is 31.3 Å². The Bertz CT molecular complexity index is 1210. The summed E-state index contributed by atoms with van der Waals surface area (Å²) in [5.74, 6) is -0.613. The largest absolute Gasteiger partial charge is 0.396 e. The lowest BCUT2D eigenvalue weighted by Crippen LogP contribution is -2.14. The molecule has 0 spiro atoms. The van der Waals surface area contributed by atoms with Gasteiger partial charge in [-0.2, -0.15) is 0 Å². The monoisotopic (exact) mass is 409 g/mol. The molecule has 0 radical (unpaired) electrons. The van der Waals surface area contributed by atoms with Gasteiger partial charge in [0.05, 0.1) is 21.6 Å². The van der Waals surface area contributed by atoms with Crippen molar-refractivity contribution in [2.45, 2.75) is 6.92 Å². The molecule has 7 heteroatoms. The molecule has 0 aliphatic heterocycles. The minimum atomic E-state index is -0.397. The van der Waals surface area contributed by atoms with E-state index in [0.717, 1.165) is 5.56 Å². The quantitative estimate of drug-likeness (QED) is 0.464. The number of nitrogen functional groups attached to an aromatic ring is 1. The minimum absolute atomic E-state index is 0.153. The summed E-state index contributed by atoms with van der Waals surface area (Å²) in [4.78, 5) is 26.6. The summed E-state index contributed by atoms with van der Waals surface area (Å²) in [6.45, 7) is 1.88. The number of halogens is 1. The van der Waals surface area contributed by atoms with Crippen molar-refractivity contribution in [3.05, 3.63) is 86.8 Å². The first kappa shape index (κ1) is 18.3. The van der Waals surface area contributed by atoms with Crippen LogP contribution in [0.3, 0.4) is 0 Å². The molecule has 1 amide bonds. The van der Waals surface area contributed by atoms with Gasteiger partial charge < -0.3 is 15.5 Å². The molecule has 0 aliphatic carbocycles. The molecule has 0 unspecified atom stereocenters. The minimum Gasteiger partial charge on any atom is -0.396 e. The Hall–Kier alpha value is -3.09. The van der Waals surface area contributed by atoms with Gasteiger partial charge in [-0.3, -0.25) is 9.59 Å². The zero-order valence-electron chi connectivity index (χ0n) is 14.9. The van der Waals surface area contributed by atoms with Crippen molar-refractivity contribution in [1.82, 2.24) is 4.40 Å². The van der Waals surface area contributed by atoms with E-state index in [0.29, 0.717) is 21.1 Å². The van der Waals surface area contributed by atoms with Gasteiger partial charge in [-0.25, -0.2) is 0 Å². The Morgan fingerprint density at radius 1 is 1.14 bits per heavy atom. The van der Waals surface area contributed by atoms with E-state index in [4.69, 9.17) is 17.3 Å². The van der Waals surface area contributed by atoms with Gasteiger partial charge in [-0.1, -0.05) is 29.8 Å². The SMILES string of the molecule is Cc1ccc(NC(=O)c2c(N)c(C(=O)c3cccs3)n3ccccc23)cc1Cl. The molecule has 28 heavy (non-hydrogen) atoms. The molecule has 0 saturated carbocycles. The van der Waals surface area contributed by atoms with Crippen molar-refractivity contribution in [3.63, 3.8) is 0 Å². The van der Waals surface area contributed by atoms with Crippen molar-refractivity contribution < 1.29 is 9.59 Å². The summed E-state index contributed by atoms with van der Waals surface area (Å²) >= 11 is 7.48. The van der Waals surface area contributed by atoms with Crippen LogP contribution >= 0.6 is 22.9 Å². The van der Waals surface area contributed by atoms with Gasteiger partial charge in [0.15, 0.2) is 0 Å². The van der Waals surface area contributed by atoms with Crippen LogP contribution in [0.4, 0.5) is 11.4 Å². The standard InChI is InChI=1S/C21H16ClN3O2S/c1-12-7-8-13(11-14(12)22)24-21(27)17-15-5-2-3-9-25(15)19(18(17)23)20(26)16-6-4-10-28-16/h2-11H,23H2,1H3,(H,24,27). The number of aryl methyl sites for hydroxylation is 1. The number of nitrogens with zero attached hydrogens (tertiary/aromatic N) is 1. The highest BCUT2D eigenvalue weighted by molar-refractivity contribution is 7.12. The average Bonchev–Trinajstić information content (AvgIpc) is 3.30. The maximum absolute atomic E-state index is 13.0. The van der Waals surface area contributed by atoms with Crippen molar-refractivity contribution in [3.8, 4) is 0 Å². The first-order valence-corrected chi connectivity index (χ1v) is 9.77. The topological polar surface area (TPSA) is 76.6 Å². The number of benzene rings is 1. The van der Waals surface area contributed by atoms with Gasteiger partial charge >= 0.3 is 0 Å². The van der Waals surface area contributed by atoms with E-state index in [9.17, 15) is 9.59 Å². The lowest BCUT2D eigenvalue weighted by atomic mass is 10.1. The predicted molar refractivity (Wildman–Crippen MR) is 114 cm³/mol. The molecular weight excluding hydrogens is 394 g/mol. The third kappa shape index (κ3) is 3.06. The number of fused-ring (bicyclic) bond motifs is 1. The van der Waals surface area contributed by atoms with Crippen LogP contribution in [0.15, 0.2) is 60.1 Å². The Kier molecular flexibility index (Phi) is 4.66. The van der Waals surface area contributed by atoms with E-state index < -0.39 is 5.91 Å². The summed E-state index contributed by atoms with van der Waals surface area (Å²) in [6.07, 6.45) is 1.73. The van der Waals surface area contributed by atoms with Gasteiger partial charge in [0, 0.05) is 16.9 Å². The average molecular weight is 410 g/mol. The van der Waals surface area contributed by atoms with E-state index >= 15 is 0 Å². The number of hydrogen-bond donors (Lipinski definition) is 2. The van der Waals surface area contributed by atoms with Crippen LogP contribution < -0.4 is 11.1 Å². The second-order valence-corrected chi connectivity index (χ2v) is 7.67. The number of ketones is 1. The summed E-state index contributed by atoms with van der Waals surface area (Å²) in [6, 6.07) is 14.2. The molecule has 3 heterocycles. The number of hydrogen-bond acceptors (Lipinski definition) is 4. The van der Waals surface area contributed by atoms with Crippen LogP contribution in [0.5, 0.6) is 0 Å². The Morgan fingerprint density at radius 2 is 1.96 bits per heavy atom. The number of carbonyl (C=O) groups is 2. The molecule has 0 aliphatic rings. The number of rotatable bonds is 4. The van der Waals surface area contributed by atoms with E-state index in [1.807, 2.05) is 18.4 Å². The third-order valence-corrected chi connectivity index (χ3v) is 5.77. The number of amides is 1. The Morgan fingerprint density at radius 3 is 2.68 bits per heavy atom. The maximum atomic E-state index is 13.0.